The number of carbonyl (C=O) groups is 3. The zero-order valence-electron chi connectivity index (χ0n) is 12.2. The molecule has 1 saturated heterocycles. The van der Waals surface area contributed by atoms with Crippen LogP contribution in [0.15, 0.2) is 0 Å². The Hall–Kier alpha value is -1.96. The van der Waals surface area contributed by atoms with E-state index in [2.05, 4.69) is 15.6 Å². The van der Waals surface area contributed by atoms with Gasteiger partial charge in [-0.15, -0.1) is 11.3 Å². The van der Waals surface area contributed by atoms with Crippen molar-refractivity contribution in [2.45, 2.75) is 32.1 Å². The number of hydrogen-bond acceptors (Lipinski definition) is 5. The molecule has 118 valence electrons. The number of hydrogen-bond donors (Lipinski definition) is 2. The van der Waals surface area contributed by atoms with Crippen LogP contribution in [-0.4, -0.2) is 47.4 Å². The van der Waals surface area contributed by atoms with E-state index in [1.807, 2.05) is 0 Å². The van der Waals surface area contributed by atoms with Crippen molar-refractivity contribution in [3.63, 3.8) is 0 Å². The van der Waals surface area contributed by atoms with E-state index in [4.69, 9.17) is 0 Å². The van der Waals surface area contributed by atoms with Gasteiger partial charge in [0, 0.05) is 17.8 Å². The highest BCUT2D eigenvalue weighted by Crippen LogP contribution is 2.26. The van der Waals surface area contributed by atoms with Gasteiger partial charge in [0.1, 0.15) is 13.1 Å². The van der Waals surface area contributed by atoms with Crippen LogP contribution in [-0.2, 0) is 28.9 Å². The lowest BCUT2D eigenvalue weighted by molar-refractivity contribution is -0.121. The van der Waals surface area contributed by atoms with E-state index in [1.165, 1.54) is 28.3 Å². The van der Waals surface area contributed by atoms with E-state index in [9.17, 15) is 14.4 Å². The van der Waals surface area contributed by atoms with E-state index >= 15 is 0 Å². The standard InChI is InChI=1S/C14H18N4O3S/c19-11(7-18-8-12(20)17-14(18)21)15-6-5-13-16-9-3-1-2-4-10(9)22-13/h1-8H2,(H,15,19)(H,17,20,21). The van der Waals surface area contributed by atoms with E-state index < -0.39 is 6.03 Å². The number of fused-ring (bicyclic) bond motifs is 1. The summed E-state index contributed by atoms with van der Waals surface area (Å²) in [4.78, 5) is 41.3. The van der Waals surface area contributed by atoms with Crippen molar-refractivity contribution < 1.29 is 14.4 Å². The molecule has 1 aliphatic heterocycles. The summed E-state index contributed by atoms with van der Waals surface area (Å²) in [5.41, 5.74) is 1.23. The van der Waals surface area contributed by atoms with Crippen LogP contribution in [0.5, 0.6) is 0 Å². The molecule has 22 heavy (non-hydrogen) atoms. The Morgan fingerprint density at radius 3 is 2.86 bits per heavy atom. The summed E-state index contributed by atoms with van der Waals surface area (Å²) < 4.78 is 0. The van der Waals surface area contributed by atoms with E-state index in [0.717, 1.165) is 17.8 Å². The monoisotopic (exact) mass is 322 g/mol. The van der Waals surface area contributed by atoms with E-state index in [-0.39, 0.29) is 24.9 Å². The number of nitrogens with one attached hydrogen (secondary N) is 2. The molecule has 1 fully saturated rings. The Bertz CT molecular complexity index is 590. The van der Waals surface area contributed by atoms with Gasteiger partial charge in [-0.05, 0) is 25.7 Å². The lowest BCUT2D eigenvalue weighted by atomic mass is 10.0. The maximum Gasteiger partial charge on any atom is 0.325 e. The zero-order chi connectivity index (χ0) is 15.5. The molecular formula is C14H18N4O3S. The second-order valence-electron chi connectivity index (χ2n) is 5.49. The van der Waals surface area contributed by atoms with Crippen molar-refractivity contribution in [1.29, 1.82) is 0 Å². The predicted octanol–water partition coefficient (Wildman–Crippen LogP) is 0.232. The highest BCUT2D eigenvalue weighted by atomic mass is 32.1. The maximum atomic E-state index is 11.8. The van der Waals surface area contributed by atoms with E-state index in [0.29, 0.717) is 13.0 Å². The summed E-state index contributed by atoms with van der Waals surface area (Å²) in [6.07, 6.45) is 5.34. The topological polar surface area (TPSA) is 91.4 Å². The highest BCUT2D eigenvalue weighted by molar-refractivity contribution is 7.11. The summed E-state index contributed by atoms with van der Waals surface area (Å²) >= 11 is 1.74. The smallest absolute Gasteiger partial charge is 0.325 e. The first kappa shape index (κ1) is 15.0. The van der Waals surface area contributed by atoms with Crippen LogP contribution in [0.1, 0.15) is 28.4 Å². The summed E-state index contributed by atoms with van der Waals surface area (Å²) in [6, 6.07) is -0.507. The second-order valence-corrected chi connectivity index (χ2v) is 6.66. The number of urea groups is 1. The van der Waals surface area contributed by atoms with Gasteiger partial charge >= 0.3 is 6.03 Å². The molecule has 8 heteroatoms. The molecule has 0 radical (unpaired) electrons. The minimum atomic E-state index is -0.507. The van der Waals surface area contributed by atoms with Gasteiger partial charge in [0.15, 0.2) is 0 Å². The molecule has 0 aromatic carbocycles. The largest absolute Gasteiger partial charge is 0.354 e. The Labute approximate surface area is 132 Å². The molecule has 0 saturated carbocycles. The quantitative estimate of drug-likeness (QED) is 0.759. The van der Waals surface area contributed by atoms with Gasteiger partial charge in [-0.3, -0.25) is 14.9 Å². The van der Waals surface area contributed by atoms with Crippen molar-refractivity contribution >= 4 is 29.2 Å². The van der Waals surface area contributed by atoms with Gasteiger partial charge in [0.25, 0.3) is 0 Å². The fourth-order valence-corrected chi connectivity index (χ4v) is 3.82. The SMILES string of the molecule is O=C(CN1CC(=O)NC1=O)NCCc1nc2c(s1)CCCC2. The van der Waals surface area contributed by atoms with Crippen LogP contribution in [0.25, 0.3) is 0 Å². The van der Waals surface area contributed by atoms with Crippen LogP contribution >= 0.6 is 11.3 Å². The lowest BCUT2D eigenvalue weighted by Crippen LogP contribution is -2.39. The van der Waals surface area contributed by atoms with Gasteiger partial charge in [-0.25, -0.2) is 9.78 Å². The molecule has 0 spiro atoms. The Kier molecular flexibility index (Phi) is 4.37. The third-order valence-electron chi connectivity index (χ3n) is 3.75. The van der Waals surface area contributed by atoms with Crippen LogP contribution in [0.2, 0.25) is 0 Å². The first-order chi connectivity index (χ1) is 10.6. The summed E-state index contributed by atoms with van der Waals surface area (Å²) in [6.45, 7) is 0.353. The third kappa shape index (κ3) is 3.44. The molecule has 1 aromatic heterocycles. The number of aromatic nitrogens is 1. The number of nitrogens with zero attached hydrogens (tertiary/aromatic N) is 2. The van der Waals surface area contributed by atoms with Crippen LogP contribution in [0.4, 0.5) is 4.79 Å². The van der Waals surface area contributed by atoms with Crippen molar-refractivity contribution in [2.24, 2.45) is 0 Å². The minimum absolute atomic E-state index is 0.0501. The zero-order valence-corrected chi connectivity index (χ0v) is 13.0. The number of aryl methyl sites for hydroxylation is 2. The molecule has 0 atom stereocenters. The molecule has 3 rings (SSSR count). The summed E-state index contributed by atoms with van der Waals surface area (Å²) in [5, 5.41) is 5.97. The van der Waals surface area contributed by atoms with Gasteiger partial charge < -0.3 is 10.2 Å². The predicted molar refractivity (Wildman–Crippen MR) is 80.6 cm³/mol. The van der Waals surface area contributed by atoms with Gasteiger partial charge in [0.2, 0.25) is 11.8 Å². The average Bonchev–Trinajstić information content (AvgIpc) is 3.01. The molecule has 0 bridgehead atoms. The normalized spacial score (nSPS) is 17.4. The summed E-state index contributed by atoms with van der Waals surface area (Å²) in [7, 11) is 0. The molecule has 2 heterocycles. The van der Waals surface area contributed by atoms with Crippen molar-refractivity contribution in [3.8, 4) is 0 Å². The van der Waals surface area contributed by atoms with E-state index in [1.54, 1.807) is 11.3 Å². The number of carbonyl (C=O) groups excluding carboxylic acids is 3. The first-order valence-corrected chi connectivity index (χ1v) is 8.26. The number of thiazole rings is 1. The van der Waals surface area contributed by atoms with Crippen molar-refractivity contribution in [3.05, 3.63) is 15.6 Å². The van der Waals surface area contributed by atoms with Crippen molar-refractivity contribution in [1.82, 2.24) is 20.5 Å². The van der Waals surface area contributed by atoms with Gasteiger partial charge in [-0.1, -0.05) is 0 Å². The Morgan fingerprint density at radius 1 is 1.32 bits per heavy atom. The fourth-order valence-electron chi connectivity index (χ4n) is 2.66. The lowest BCUT2D eigenvalue weighted by Gasteiger charge is -2.12. The van der Waals surface area contributed by atoms with Gasteiger partial charge in [-0.2, -0.15) is 0 Å². The average molecular weight is 322 g/mol. The number of amides is 4. The third-order valence-corrected chi connectivity index (χ3v) is 4.97. The molecule has 1 aromatic rings. The fraction of sp³-hybridized carbons (Fsp3) is 0.571. The summed E-state index contributed by atoms with van der Waals surface area (Å²) in [5.74, 6) is -0.627. The second kappa shape index (κ2) is 6.43. The van der Waals surface area contributed by atoms with Crippen LogP contribution in [0.3, 0.4) is 0 Å². The molecule has 2 aliphatic rings. The molecule has 4 amide bonds. The molecule has 7 nitrogen and oxygen atoms in total. The minimum Gasteiger partial charge on any atom is -0.354 e. The number of rotatable bonds is 5. The molecule has 2 N–H and O–H groups in total. The van der Waals surface area contributed by atoms with Crippen molar-refractivity contribution in [2.75, 3.05) is 19.6 Å². The number of imide groups is 1. The van der Waals surface area contributed by atoms with Crippen LogP contribution < -0.4 is 10.6 Å². The van der Waals surface area contributed by atoms with Gasteiger partial charge in [0.05, 0.1) is 10.7 Å². The molecule has 1 aliphatic carbocycles. The Balaban J connectivity index is 1.43. The first-order valence-electron chi connectivity index (χ1n) is 7.45. The molecular weight excluding hydrogens is 304 g/mol. The maximum absolute atomic E-state index is 11.8. The Morgan fingerprint density at radius 2 is 2.14 bits per heavy atom. The van der Waals surface area contributed by atoms with Crippen LogP contribution in [0, 0.1) is 0 Å². The molecule has 0 unspecified atom stereocenters. The highest BCUT2D eigenvalue weighted by Gasteiger charge is 2.28.